The number of aliphatic hydroxyl groups is 2. The fourth-order valence-electron chi connectivity index (χ4n) is 3.74. The maximum Gasteiger partial charge on any atom is 0.0802 e. The molecule has 0 aliphatic carbocycles. The third-order valence-electron chi connectivity index (χ3n) is 5.68. The molecular formula is C28H46N2O3. The van der Waals surface area contributed by atoms with Gasteiger partial charge in [0, 0.05) is 13.7 Å². The van der Waals surface area contributed by atoms with Crippen molar-refractivity contribution in [3.8, 4) is 0 Å². The standard InChI is InChI=1S/C15H25NO.C13H21NO2/c1-2-3-4-5-7-13-8-6-9-14(12-13)15(17)10-11-16;1-16-9-3-5-11-4-2-6-12(10-11)13(15)7-8-14/h6,8-9,12,15,17H,2-5,7,10-11,16H2,1H3;2,4,6,10,13,15H,3,5,7-9,14H2,1H3. The highest BCUT2D eigenvalue weighted by molar-refractivity contribution is 5.26. The van der Waals surface area contributed by atoms with Crippen LogP contribution in [0.15, 0.2) is 48.5 Å². The zero-order valence-corrected chi connectivity index (χ0v) is 20.7. The number of hydrogen-bond donors (Lipinski definition) is 4. The molecule has 2 aromatic rings. The molecule has 5 nitrogen and oxygen atoms in total. The summed E-state index contributed by atoms with van der Waals surface area (Å²) < 4.78 is 5.01. The number of aliphatic hydroxyl groups excluding tert-OH is 2. The van der Waals surface area contributed by atoms with E-state index in [1.165, 1.54) is 36.8 Å². The first-order valence-corrected chi connectivity index (χ1v) is 12.5. The van der Waals surface area contributed by atoms with Crippen LogP contribution in [0.5, 0.6) is 0 Å². The zero-order chi connectivity index (χ0) is 24.3. The molecule has 0 aliphatic rings. The normalized spacial score (nSPS) is 12.7. The molecule has 0 aliphatic heterocycles. The van der Waals surface area contributed by atoms with E-state index in [4.69, 9.17) is 16.2 Å². The number of unbranched alkanes of at least 4 members (excludes halogenated alkanes) is 3. The molecule has 0 spiro atoms. The van der Waals surface area contributed by atoms with E-state index in [1.807, 2.05) is 24.3 Å². The van der Waals surface area contributed by atoms with Gasteiger partial charge >= 0.3 is 0 Å². The van der Waals surface area contributed by atoms with Crippen LogP contribution >= 0.6 is 0 Å². The minimum atomic E-state index is -0.438. The van der Waals surface area contributed by atoms with Crippen LogP contribution in [-0.2, 0) is 17.6 Å². The molecule has 0 heterocycles. The van der Waals surface area contributed by atoms with E-state index in [9.17, 15) is 10.2 Å². The van der Waals surface area contributed by atoms with Gasteiger partial charge in [-0.3, -0.25) is 0 Å². The van der Waals surface area contributed by atoms with Crippen LogP contribution in [0.25, 0.3) is 0 Å². The van der Waals surface area contributed by atoms with Crippen molar-refractivity contribution >= 4 is 0 Å². The predicted molar refractivity (Wildman–Crippen MR) is 138 cm³/mol. The minimum Gasteiger partial charge on any atom is -0.388 e. The molecule has 0 fully saturated rings. The van der Waals surface area contributed by atoms with Crippen LogP contribution in [0.2, 0.25) is 0 Å². The van der Waals surface area contributed by atoms with Crippen molar-refractivity contribution in [3.05, 3.63) is 70.8 Å². The Bertz CT molecular complexity index is 739. The molecule has 0 amide bonds. The van der Waals surface area contributed by atoms with Crippen LogP contribution in [0, 0.1) is 0 Å². The smallest absolute Gasteiger partial charge is 0.0802 e. The quantitative estimate of drug-likeness (QED) is 0.286. The van der Waals surface area contributed by atoms with Gasteiger partial charge in [0.2, 0.25) is 0 Å². The maximum absolute atomic E-state index is 9.87. The summed E-state index contributed by atoms with van der Waals surface area (Å²) in [4.78, 5) is 0. The van der Waals surface area contributed by atoms with E-state index in [0.717, 1.165) is 37.0 Å². The molecule has 0 saturated heterocycles. The number of hydrogen-bond acceptors (Lipinski definition) is 5. The van der Waals surface area contributed by atoms with Gasteiger partial charge in [-0.25, -0.2) is 0 Å². The van der Waals surface area contributed by atoms with Crippen LogP contribution in [0.4, 0.5) is 0 Å². The second-order valence-electron chi connectivity index (χ2n) is 8.58. The van der Waals surface area contributed by atoms with Crippen LogP contribution in [-0.4, -0.2) is 37.0 Å². The summed E-state index contributed by atoms with van der Waals surface area (Å²) in [7, 11) is 1.71. The highest BCUT2D eigenvalue weighted by Gasteiger charge is 2.07. The van der Waals surface area contributed by atoms with Gasteiger partial charge < -0.3 is 26.4 Å². The largest absolute Gasteiger partial charge is 0.388 e. The first-order chi connectivity index (χ1) is 16.0. The summed E-state index contributed by atoms with van der Waals surface area (Å²) in [6, 6.07) is 16.3. The maximum atomic E-state index is 9.87. The van der Waals surface area contributed by atoms with Crippen LogP contribution in [0.3, 0.4) is 0 Å². The average Bonchev–Trinajstić information content (AvgIpc) is 2.83. The molecule has 6 N–H and O–H groups in total. The molecule has 5 heteroatoms. The number of rotatable bonds is 15. The van der Waals surface area contributed by atoms with E-state index in [0.29, 0.717) is 25.9 Å². The second-order valence-corrected chi connectivity index (χ2v) is 8.58. The predicted octanol–water partition coefficient (Wildman–Crippen LogP) is 4.84. The summed E-state index contributed by atoms with van der Waals surface area (Å²) in [5, 5.41) is 19.7. The first kappa shape index (κ1) is 29.3. The summed E-state index contributed by atoms with van der Waals surface area (Å²) in [5.41, 5.74) is 15.4. The molecule has 0 radical (unpaired) electrons. The third kappa shape index (κ3) is 12.9. The van der Waals surface area contributed by atoms with Crippen LogP contribution in [0.1, 0.15) is 86.3 Å². The fraction of sp³-hybridized carbons (Fsp3) is 0.571. The molecule has 0 bridgehead atoms. The molecule has 33 heavy (non-hydrogen) atoms. The lowest BCUT2D eigenvalue weighted by Crippen LogP contribution is -2.07. The Kier molecular flexibility index (Phi) is 16.5. The Morgan fingerprint density at radius 2 is 1.27 bits per heavy atom. The Morgan fingerprint density at radius 3 is 1.73 bits per heavy atom. The molecule has 2 rings (SSSR count). The molecule has 0 saturated carbocycles. The number of aryl methyl sites for hydroxylation is 2. The minimum absolute atomic E-state index is 0.407. The van der Waals surface area contributed by atoms with E-state index in [-0.39, 0.29) is 0 Å². The monoisotopic (exact) mass is 458 g/mol. The molecule has 186 valence electrons. The van der Waals surface area contributed by atoms with Crippen molar-refractivity contribution in [2.75, 3.05) is 26.8 Å². The highest BCUT2D eigenvalue weighted by atomic mass is 16.5. The number of nitrogens with two attached hydrogens (primary N) is 2. The molecule has 2 atom stereocenters. The van der Waals surface area contributed by atoms with Gasteiger partial charge in [-0.15, -0.1) is 0 Å². The summed E-state index contributed by atoms with van der Waals surface area (Å²) >= 11 is 0. The Balaban J connectivity index is 0.000000331. The Labute approximate surface area is 201 Å². The van der Waals surface area contributed by atoms with Gasteiger partial charge in [0.15, 0.2) is 0 Å². The number of methoxy groups -OCH3 is 1. The average molecular weight is 459 g/mol. The summed E-state index contributed by atoms with van der Waals surface area (Å²) in [5.74, 6) is 0. The Morgan fingerprint density at radius 1 is 0.758 bits per heavy atom. The molecule has 2 aromatic carbocycles. The number of benzene rings is 2. The van der Waals surface area contributed by atoms with Crippen molar-refractivity contribution in [3.63, 3.8) is 0 Å². The van der Waals surface area contributed by atoms with Crippen LogP contribution < -0.4 is 11.5 Å². The van der Waals surface area contributed by atoms with Crippen molar-refractivity contribution in [2.24, 2.45) is 11.5 Å². The van der Waals surface area contributed by atoms with Crippen molar-refractivity contribution in [1.29, 1.82) is 0 Å². The lowest BCUT2D eigenvalue weighted by atomic mass is 10.0. The lowest BCUT2D eigenvalue weighted by molar-refractivity contribution is 0.170. The molecule has 0 aromatic heterocycles. The molecular weight excluding hydrogens is 412 g/mol. The third-order valence-corrected chi connectivity index (χ3v) is 5.68. The van der Waals surface area contributed by atoms with E-state index in [1.54, 1.807) is 7.11 Å². The topological polar surface area (TPSA) is 102 Å². The first-order valence-electron chi connectivity index (χ1n) is 12.5. The van der Waals surface area contributed by atoms with Gasteiger partial charge in [0.25, 0.3) is 0 Å². The van der Waals surface area contributed by atoms with Crippen molar-refractivity contribution in [2.45, 2.75) is 76.9 Å². The Hall–Kier alpha value is -1.76. The van der Waals surface area contributed by atoms with Crippen molar-refractivity contribution < 1.29 is 14.9 Å². The molecule has 2 unspecified atom stereocenters. The summed E-state index contributed by atoms with van der Waals surface area (Å²) in [6.07, 6.45) is 8.64. The van der Waals surface area contributed by atoms with E-state index >= 15 is 0 Å². The second kappa shape index (κ2) is 18.6. The zero-order valence-electron chi connectivity index (χ0n) is 20.7. The van der Waals surface area contributed by atoms with E-state index < -0.39 is 12.2 Å². The lowest BCUT2D eigenvalue weighted by Gasteiger charge is -2.11. The van der Waals surface area contributed by atoms with Crippen molar-refractivity contribution in [1.82, 2.24) is 0 Å². The SMILES string of the molecule is CCCCCCc1cccc(C(O)CCN)c1.COCCCc1cccc(C(O)CCN)c1. The van der Waals surface area contributed by atoms with E-state index in [2.05, 4.69) is 31.2 Å². The summed E-state index contributed by atoms with van der Waals surface area (Å²) in [6.45, 7) is 4.04. The van der Waals surface area contributed by atoms with Gasteiger partial charge in [0.1, 0.15) is 0 Å². The van der Waals surface area contributed by atoms with Gasteiger partial charge in [-0.05, 0) is 73.9 Å². The number of ether oxygens (including phenoxy) is 1. The van der Waals surface area contributed by atoms with Gasteiger partial charge in [-0.2, -0.15) is 0 Å². The highest BCUT2D eigenvalue weighted by Crippen LogP contribution is 2.19. The van der Waals surface area contributed by atoms with Gasteiger partial charge in [0.05, 0.1) is 12.2 Å². The van der Waals surface area contributed by atoms with Gasteiger partial charge in [-0.1, -0.05) is 74.7 Å². The fourth-order valence-corrected chi connectivity index (χ4v) is 3.74.